The highest BCUT2D eigenvalue weighted by atomic mass is 32.2. The zero-order valence-electron chi connectivity index (χ0n) is 14.3. The minimum Gasteiger partial charge on any atom is -0.393 e. The van der Waals surface area contributed by atoms with Crippen molar-refractivity contribution in [1.29, 1.82) is 0 Å². The highest BCUT2D eigenvalue weighted by Gasteiger charge is 2.45. The van der Waals surface area contributed by atoms with Crippen molar-refractivity contribution < 1.29 is 13.5 Å². The molecule has 2 aliphatic rings. The van der Waals surface area contributed by atoms with Crippen molar-refractivity contribution in [3.05, 3.63) is 29.8 Å². The van der Waals surface area contributed by atoms with Crippen LogP contribution in [0.3, 0.4) is 0 Å². The summed E-state index contributed by atoms with van der Waals surface area (Å²) in [6.07, 6.45) is 2.22. The molecule has 7 heteroatoms. The number of sulfonamides is 1. The Morgan fingerprint density at radius 3 is 2.58 bits per heavy atom. The van der Waals surface area contributed by atoms with Crippen LogP contribution >= 0.6 is 0 Å². The Morgan fingerprint density at radius 1 is 1.29 bits per heavy atom. The van der Waals surface area contributed by atoms with Crippen LogP contribution in [0.5, 0.6) is 0 Å². The minimum absolute atomic E-state index is 0.130. The molecule has 0 amide bonds. The maximum absolute atomic E-state index is 12.4. The molecule has 2 saturated heterocycles. The maximum atomic E-state index is 12.4. The van der Waals surface area contributed by atoms with Crippen LogP contribution < -0.4 is 4.83 Å². The minimum atomic E-state index is -3.69. The normalized spacial score (nSPS) is 30.5. The molecule has 2 fully saturated rings. The molecule has 1 aromatic rings. The number of hydrogen-bond donors (Lipinski definition) is 2. The number of hydrogen-bond acceptors (Lipinski definition) is 5. The fourth-order valence-corrected chi connectivity index (χ4v) is 4.77. The molecule has 1 aromatic carbocycles. The van der Waals surface area contributed by atoms with E-state index in [-0.39, 0.29) is 16.9 Å². The lowest BCUT2D eigenvalue weighted by Crippen LogP contribution is -2.51. The first kappa shape index (κ1) is 17.4. The van der Waals surface area contributed by atoms with Gasteiger partial charge in [-0.2, -0.15) is 13.5 Å². The molecule has 4 atom stereocenters. The number of benzene rings is 1. The number of aliphatic hydroxyl groups excluding tert-OH is 1. The average molecular weight is 351 g/mol. The summed E-state index contributed by atoms with van der Waals surface area (Å²) in [6.45, 7) is 3.66. The van der Waals surface area contributed by atoms with Gasteiger partial charge in [0, 0.05) is 30.1 Å². The summed E-state index contributed by atoms with van der Waals surface area (Å²) in [6, 6.07) is 7.27. The quantitative estimate of drug-likeness (QED) is 0.805. The Labute approximate surface area is 143 Å². The molecule has 24 heavy (non-hydrogen) atoms. The van der Waals surface area contributed by atoms with Crippen LogP contribution in [0.15, 0.2) is 34.3 Å². The van der Waals surface area contributed by atoms with Gasteiger partial charge in [0.15, 0.2) is 0 Å². The van der Waals surface area contributed by atoms with E-state index in [0.717, 1.165) is 24.1 Å². The summed E-state index contributed by atoms with van der Waals surface area (Å²) in [5, 5.41) is 14.4. The highest BCUT2D eigenvalue weighted by Crippen LogP contribution is 2.38. The first-order valence-electron chi connectivity index (χ1n) is 8.34. The van der Waals surface area contributed by atoms with Crippen LogP contribution in [0.25, 0.3) is 0 Å². The third kappa shape index (κ3) is 3.20. The number of aliphatic hydroxyl groups is 1. The molecule has 2 N–H and O–H groups in total. The second-order valence-corrected chi connectivity index (χ2v) is 8.61. The smallest absolute Gasteiger partial charge is 0.276 e. The summed E-state index contributed by atoms with van der Waals surface area (Å²) >= 11 is 0. The van der Waals surface area contributed by atoms with E-state index in [1.807, 2.05) is 6.92 Å². The predicted octanol–water partition coefficient (Wildman–Crippen LogP) is 1.49. The van der Waals surface area contributed by atoms with E-state index in [9.17, 15) is 13.5 Å². The fraction of sp³-hybridized carbons (Fsp3) is 0.588. The molecule has 0 aromatic heterocycles. The van der Waals surface area contributed by atoms with Gasteiger partial charge >= 0.3 is 0 Å². The zero-order valence-corrected chi connectivity index (χ0v) is 15.1. The Kier molecular flexibility index (Phi) is 4.68. The number of aryl methyl sites for hydroxylation is 1. The van der Waals surface area contributed by atoms with Crippen LogP contribution in [0.1, 0.15) is 31.7 Å². The van der Waals surface area contributed by atoms with Gasteiger partial charge in [-0.05, 0) is 45.9 Å². The Morgan fingerprint density at radius 2 is 1.96 bits per heavy atom. The van der Waals surface area contributed by atoms with Crippen LogP contribution in [0, 0.1) is 12.8 Å². The van der Waals surface area contributed by atoms with Gasteiger partial charge in [-0.25, -0.2) is 4.83 Å². The first-order chi connectivity index (χ1) is 11.3. The molecule has 2 aliphatic heterocycles. The first-order valence-corrected chi connectivity index (χ1v) is 9.83. The fourth-order valence-electron chi connectivity index (χ4n) is 3.93. The van der Waals surface area contributed by atoms with Gasteiger partial charge in [0.05, 0.1) is 11.0 Å². The molecule has 0 unspecified atom stereocenters. The summed E-state index contributed by atoms with van der Waals surface area (Å²) in [4.78, 5) is 4.86. The van der Waals surface area contributed by atoms with Gasteiger partial charge in [0.1, 0.15) is 0 Å². The molecule has 0 radical (unpaired) electrons. The Bertz CT molecular complexity index is 728. The van der Waals surface area contributed by atoms with Gasteiger partial charge in [-0.3, -0.25) is 4.90 Å². The number of rotatable bonds is 4. The number of hydrazone groups is 1. The standard InChI is InChI=1S/C17H25N3O3S/c1-11-4-7-14(8-5-11)24(22,23)19-18-15-10-13-6-9-16(20(13)3)17(15)12(2)21/h4-5,7-8,12-13,16-17,19,21H,6,9-10H2,1-3H3/b18-15+/t12-,13-,16+,17-/m1/s1. The lowest BCUT2D eigenvalue weighted by molar-refractivity contribution is 0.0857. The summed E-state index contributed by atoms with van der Waals surface area (Å²) in [5.74, 6) is -0.130. The van der Waals surface area contributed by atoms with Crippen molar-refractivity contribution >= 4 is 15.7 Å². The molecule has 6 nitrogen and oxygen atoms in total. The van der Waals surface area contributed by atoms with Crippen molar-refractivity contribution in [1.82, 2.24) is 9.73 Å². The summed E-state index contributed by atoms with van der Waals surface area (Å²) < 4.78 is 24.8. The van der Waals surface area contributed by atoms with E-state index in [0.29, 0.717) is 12.5 Å². The molecular formula is C17H25N3O3S. The Hall–Kier alpha value is -1.44. The molecule has 0 saturated carbocycles. The van der Waals surface area contributed by atoms with Gasteiger partial charge < -0.3 is 5.11 Å². The second kappa shape index (κ2) is 6.46. The average Bonchev–Trinajstić information content (AvgIpc) is 2.76. The van der Waals surface area contributed by atoms with E-state index in [2.05, 4.69) is 21.9 Å². The molecule has 132 valence electrons. The van der Waals surface area contributed by atoms with E-state index in [1.54, 1.807) is 31.2 Å². The van der Waals surface area contributed by atoms with Crippen molar-refractivity contribution in [2.24, 2.45) is 11.0 Å². The van der Waals surface area contributed by atoms with E-state index >= 15 is 0 Å². The molecule has 3 rings (SSSR count). The SMILES string of the molecule is Cc1ccc(S(=O)(=O)N/N=C2\C[C@H]3CC[C@@H]([C@@H]2[C@@H](C)O)N3C)cc1. The van der Waals surface area contributed by atoms with Crippen LogP contribution in [-0.2, 0) is 10.0 Å². The second-order valence-electron chi connectivity index (χ2n) is 6.95. The van der Waals surface area contributed by atoms with Crippen molar-refractivity contribution in [2.45, 2.75) is 56.2 Å². The number of nitrogens with one attached hydrogen (secondary N) is 1. The van der Waals surface area contributed by atoms with E-state index in [1.165, 1.54) is 0 Å². The maximum Gasteiger partial charge on any atom is 0.276 e. The van der Waals surface area contributed by atoms with Crippen LogP contribution in [0.2, 0.25) is 0 Å². The molecular weight excluding hydrogens is 326 g/mol. The molecule has 0 aliphatic carbocycles. The monoisotopic (exact) mass is 351 g/mol. The third-order valence-corrected chi connectivity index (χ3v) is 6.52. The third-order valence-electron chi connectivity index (χ3n) is 5.30. The van der Waals surface area contributed by atoms with Crippen LogP contribution in [-0.4, -0.2) is 49.4 Å². The van der Waals surface area contributed by atoms with Gasteiger partial charge in [-0.1, -0.05) is 17.7 Å². The number of fused-ring (bicyclic) bond motifs is 2. The topological polar surface area (TPSA) is 82.0 Å². The zero-order chi connectivity index (χ0) is 17.5. The summed E-state index contributed by atoms with van der Waals surface area (Å²) in [7, 11) is -1.61. The van der Waals surface area contributed by atoms with Gasteiger partial charge in [0.2, 0.25) is 0 Å². The Balaban J connectivity index is 1.83. The van der Waals surface area contributed by atoms with Gasteiger partial charge in [-0.15, -0.1) is 0 Å². The molecule has 2 heterocycles. The number of piperidine rings is 1. The van der Waals surface area contributed by atoms with Crippen molar-refractivity contribution in [3.8, 4) is 0 Å². The molecule has 0 spiro atoms. The summed E-state index contributed by atoms with van der Waals surface area (Å²) in [5.41, 5.74) is 1.76. The van der Waals surface area contributed by atoms with Crippen molar-refractivity contribution in [2.75, 3.05) is 7.05 Å². The number of nitrogens with zero attached hydrogens (tertiary/aromatic N) is 2. The van der Waals surface area contributed by atoms with Gasteiger partial charge in [0.25, 0.3) is 10.0 Å². The lowest BCUT2D eigenvalue weighted by atomic mass is 9.85. The molecule has 2 bridgehead atoms. The lowest BCUT2D eigenvalue weighted by Gasteiger charge is -2.39. The van der Waals surface area contributed by atoms with Crippen molar-refractivity contribution in [3.63, 3.8) is 0 Å². The highest BCUT2D eigenvalue weighted by molar-refractivity contribution is 7.89. The largest absolute Gasteiger partial charge is 0.393 e. The van der Waals surface area contributed by atoms with E-state index in [4.69, 9.17) is 0 Å². The predicted molar refractivity (Wildman–Crippen MR) is 93.3 cm³/mol. The van der Waals surface area contributed by atoms with Crippen LogP contribution in [0.4, 0.5) is 0 Å². The van der Waals surface area contributed by atoms with E-state index < -0.39 is 16.1 Å².